The maximum atomic E-state index is 13.3. The fourth-order valence-electron chi connectivity index (χ4n) is 3.03. The number of anilines is 1. The standard InChI is InChI=1S/C23H25NO6S/c1-16(2)14-24(31(27,28)22-5-4-12-29-22)20-13-17(3)6-11-21(20)30-15-18-7-9-19(10-8-18)23(25)26/h4-13,16H,14-15H2,1-3H3,(H,25,26). The van der Waals surface area contributed by atoms with Crippen molar-refractivity contribution in [3.05, 3.63) is 77.6 Å². The van der Waals surface area contributed by atoms with Crippen LogP contribution < -0.4 is 9.04 Å². The van der Waals surface area contributed by atoms with E-state index < -0.39 is 16.0 Å². The lowest BCUT2D eigenvalue weighted by Crippen LogP contribution is -2.34. The minimum Gasteiger partial charge on any atom is -0.487 e. The molecule has 0 aliphatic carbocycles. The Kier molecular flexibility index (Phi) is 6.70. The van der Waals surface area contributed by atoms with Crippen LogP contribution in [-0.4, -0.2) is 26.0 Å². The van der Waals surface area contributed by atoms with Gasteiger partial charge in [-0.05, 0) is 60.4 Å². The van der Waals surface area contributed by atoms with E-state index >= 15 is 0 Å². The van der Waals surface area contributed by atoms with Crippen LogP contribution in [-0.2, 0) is 16.6 Å². The van der Waals surface area contributed by atoms with E-state index in [-0.39, 0.29) is 29.7 Å². The Morgan fingerprint density at radius 2 is 1.84 bits per heavy atom. The van der Waals surface area contributed by atoms with Crippen molar-refractivity contribution in [2.45, 2.75) is 32.5 Å². The molecule has 3 rings (SSSR count). The Labute approximate surface area is 181 Å². The lowest BCUT2D eigenvalue weighted by molar-refractivity contribution is 0.0697. The molecule has 0 saturated heterocycles. The fraction of sp³-hybridized carbons (Fsp3) is 0.261. The summed E-state index contributed by atoms with van der Waals surface area (Å²) in [5.74, 6) is -0.536. The van der Waals surface area contributed by atoms with Crippen LogP contribution in [0.15, 0.2) is 70.4 Å². The van der Waals surface area contributed by atoms with Crippen molar-refractivity contribution < 1.29 is 27.5 Å². The van der Waals surface area contributed by atoms with Gasteiger partial charge in [-0.25, -0.2) is 4.79 Å². The first-order valence-corrected chi connectivity index (χ1v) is 11.2. The van der Waals surface area contributed by atoms with E-state index in [0.29, 0.717) is 11.4 Å². The number of aromatic carboxylic acids is 1. The predicted molar refractivity (Wildman–Crippen MR) is 117 cm³/mol. The highest BCUT2D eigenvalue weighted by molar-refractivity contribution is 7.92. The monoisotopic (exact) mass is 443 g/mol. The highest BCUT2D eigenvalue weighted by Gasteiger charge is 2.30. The fourth-order valence-corrected chi connectivity index (χ4v) is 4.57. The zero-order chi connectivity index (χ0) is 22.6. The summed E-state index contributed by atoms with van der Waals surface area (Å²) in [6, 6.07) is 14.7. The number of carboxylic acids is 1. The quantitative estimate of drug-likeness (QED) is 0.514. The normalized spacial score (nSPS) is 11.5. The number of carbonyl (C=O) groups is 1. The lowest BCUT2D eigenvalue weighted by Gasteiger charge is -2.27. The second kappa shape index (κ2) is 9.26. The molecule has 1 heterocycles. The van der Waals surface area contributed by atoms with Gasteiger partial charge in [-0.2, -0.15) is 8.42 Å². The predicted octanol–water partition coefficient (Wildman–Crippen LogP) is 4.72. The largest absolute Gasteiger partial charge is 0.487 e. The van der Waals surface area contributed by atoms with E-state index in [2.05, 4.69) is 0 Å². The van der Waals surface area contributed by atoms with Crippen molar-refractivity contribution >= 4 is 21.7 Å². The highest BCUT2D eigenvalue weighted by Crippen LogP contribution is 2.35. The lowest BCUT2D eigenvalue weighted by atomic mass is 10.1. The minimum absolute atomic E-state index is 0.0571. The summed E-state index contributed by atoms with van der Waals surface area (Å²) in [7, 11) is -3.92. The maximum absolute atomic E-state index is 13.3. The maximum Gasteiger partial charge on any atom is 0.335 e. The van der Waals surface area contributed by atoms with E-state index in [4.69, 9.17) is 14.3 Å². The zero-order valence-corrected chi connectivity index (χ0v) is 18.4. The van der Waals surface area contributed by atoms with Gasteiger partial charge in [0.05, 0.1) is 17.5 Å². The van der Waals surface area contributed by atoms with Crippen LogP contribution in [0.4, 0.5) is 5.69 Å². The second-order valence-corrected chi connectivity index (χ2v) is 9.42. The molecule has 0 fully saturated rings. The van der Waals surface area contributed by atoms with Crippen LogP contribution in [0.2, 0.25) is 0 Å². The molecule has 1 N–H and O–H groups in total. The molecule has 0 saturated carbocycles. The van der Waals surface area contributed by atoms with Crippen LogP contribution in [0.25, 0.3) is 0 Å². The molecule has 3 aromatic rings. The number of carboxylic acid groups (broad SMARTS) is 1. The molecule has 2 aromatic carbocycles. The number of hydrogen-bond donors (Lipinski definition) is 1. The van der Waals surface area contributed by atoms with Gasteiger partial charge in [0.25, 0.3) is 10.0 Å². The first kappa shape index (κ1) is 22.4. The third-order valence-corrected chi connectivity index (χ3v) is 6.22. The van der Waals surface area contributed by atoms with Gasteiger partial charge in [-0.3, -0.25) is 4.31 Å². The van der Waals surface area contributed by atoms with Crippen LogP contribution >= 0.6 is 0 Å². The first-order chi connectivity index (χ1) is 14.7. The van der Waals surface area contributed by atoms with E-state index in [1.165, 1.54) is 34.8 Å². The number of sulfonamides is 1. The third-order valence-electron chi connectivity index (χ3n) is 4.55. The number of rotatable bonds is 9. The van der Waals surface area contributed by atoms with Gasteiger partial charge < -0.3 is 14.3 Å². The van der Waals surface area contributed by atoms with E-state index in [0.717, 1.165) is 11.1 Å². The molecule has 164 valence electrons. The van der Waals surface area contributed by atoms with Crippen LogP contribution in [0.1, 0.15) is 35.3 Å². The van der Waals surface area contributed by atoms with Crippen LogP contribution in [0.3, 0.4) is 0 Å². The Balaban J connectivity index is 1.95. The molecule has 0 spiro atoms. The Morgan fingerprint density at radius 1 is 1.13 bits per heavy atom. The number of aryl methyl sites for hydroxylation is 1. The van der Waals surface area contributed by atoms with Gasteiger partial charge >= 0.3 is 5.97 Å². The van der Waals surface area contributed by atoms with E-state index in [1.807, 2.05) is 26.8 Å². The van der Waals surface area contributed by atoms with Crippen molar-refractivity contribution in [1.82, 2.24) is 0 Å². The van der Waals surface area contributed by atoms with Gasteiger partial charge in [-0.1, -0.05) is 32.0 Å². The molecule has 0 unspecified atom stereocenters. The second-order valence-electron chi connectivity index (χ2n) is 7.62. The molecular weight excluding hydrogens is 418 g/mol. The van der Waals surface area contributed by atoms with Crippen LogP contribution in [0.5, 0.6) is 5.75 Å². The summed E-state index contributed by atoms with van der Waals surface area (Å²) in [6.45, 7) is 6.16. The zero-order valence-electron chi connectivity index (χ0n) is 17.6. The molecule has 0 bridgehead atoms. The number of hydrogen-bond acceptors (Lipinski definition) is 5. The summed E-state index contributed by atoms with van der Waals surface area (Å²) in [4.78, 5) is 11.0. The minimum atomic E-state index is -3.92. The average molecular weight is 444 g/mol. The first-order valence-electron chi connectivity index (χ1n) is 9.80. The SMILES string of the molecule is Cc1ccc(OCc2ccc(C(=O)O)cc2)c(N(CC(C)C)S(=O)(=O)c2ccco2)c1. The van der Waals surface area contributed by atoms with Crippen molar-refractivity contribution in [3.63, 3.8) is 0 Å². The molecule has 7 nitrogen and oxygen atoms in total. The molecule has 0 aliphatic rings. The van der Waals surface area contributed by atoms with Crippen molar-refractivity contribution in [1.29, 1.82) is 0 Å². The highest BCUT2D eigenvalue weighted by atomic mass is 32.2. The summed E-state index contributed by atoms with van der Waals surface area (Å²) in [5, 5.41) is 8.90. The molecular formula is C23H25NO6S. The van der Waals surface area contributed by atoms with Gasteiger partial charge in [0.2, 0.25) is 5.09 Å². The molecule has 8 heteroatoms. The third kappa shape index (κ3) is 5.27. The molecule has 0 atom stereocenters. The molecule has 0 amide bonds. The van der Waals surface area contributed by atoms with Crippen molar-refractivity contribution in [3.8, 4) is 5.75 Å². The van der Waals surface area contributed by atoms with E-state index in [9.17, 15) is 13.2 Å². The molecule has 0 radical (unpaired) electrons. The Hall–Kier alpha value is -3.26. The number of ether oxygens (including phenoxy) is 1. The van der Waals surface area contributed by atoms with Crippen molar-refractivity contribution in [2.75, 3.05) is 10.8 Å². The van der Waals surface area contributed by atoms with Gasteiger partial charge in [0.15, 0.2) is 0 Å². The molecule has 1 aromatic heterocycles. The Bertz CT molecular complexity index is 1140. The topological polar surface area (TPSA) is 97.0 Å². The molecule has 0 aliphatic heterocycles. The van der Waals surface area contributed by atoms with E-state index in [1.54, 1.807) is 24.3 Å². The van der Waals surface area contributed by atoms with Crippen molar-refractivity contribution in [2.24, 2.45) is 5.92 Å². The smallest absolute Gasteiger partial charge is 0.335 e. The van der Waals surface area contributed by atoms with Gasteiger partial charge in [-0.15, -0.1) is 0 Å². The summed E-state index contributed by atoms with van der Waals surface area (Å²) in [6.07, 6.45) is 1.33. The average Bonchev–Trinajstić information content (AvgIpc) is 3.27. The number of furan rings is 1. The summed E-state index contributed by atoms with van der Waals surface area (Å²) >= 11 is 0. The Morgan fingerprint density at radius 3 is 2.42 bits per heavy atom. The van der Waals surface area contributed by atoms with Crippen LogP contribution in [0, 0.1) is 12.8 Å². The summed E-state index contributed by atoms with van der Waals surface area (Å²) < 4.78 is 39.1. The number of benzene rings is 2. The number of nitrogens with zero attached hydrogens (tertiary/aromatic N) is 1. The van der Waals surface area contributed by atoms with Gasteiger partial charge in [0, 0.05) is 6.54 Å². The molecule has 31 heavy (non-hydrogen) atoms. The summed E-state index contributed by atoms with van der Waals surface area (Å²) in [5.41, 5.74) is 2.26. The van der Waals surface area contributed by atoms with Gasteiger partial charge in [0.1, 0.15) is 12.4 Å².